The number of para-hydroxylation sites is 1. The second-order valence-corrected chi connectivity index (χ2v) is 2.01. The van der Waals surface area contributed by atoms with Crippen LogP contribution in [0.1, 0.15) is 5.56 Å². The fourth-order valence-electron chi connectivity index (χ4n) is 0.713. The molecule has 68 valence electrons. The number of rotatable bonds is 0. The topological polar surface area (TPSA) is 20.2 Å². The first-order chi connectivity index (χ1) is 5.02. The summed E-state index contributed by atoms with van der Waals surface area (Å²) in [5.41, 5.74) is -1.000. The van der Waals surface area contributed by atoms with Gasteiger partial charge in [0.15, 0.2) is 0 Å². The summed E-state index contributed by atoms with van der Waals surface area (Å²) in [4.78, 5) is 0. The first kappa shape index (κ1) is 16.6. The van der Waals surface area contributed by atoms with Gasteiger partial charge in [-0.15, -0.1) is 0 Å². The number of aromatic hydroxyl groups is 1. The minimum Gasteiger partial charge on any atom is -1.00 e. The van der Waals surface area contributed by atoms with E-state index in [0.29, 0.717) is 0 Å². The molecule has 0 aromatic heterocycles. The van der Waals surface area contributed by atoms with E-state index in [2.05, 4.69) is 0 Å². The molecule has 13 heavy (non-hydrogen) atoms. The minimum absolute atomic E-state index is 0. The molecule has 0 saturated heterocycles. The molecular formula is C7H5F3IKO. The maximum atomic E-state index is 11.9. The molecule has 6 heteroatoms. The van der Waals surface area contributed by atoms with Crippen LogP contribution in [0.5, 0.6) is 5.75 Å². The SMILES string of the molecule is Oc1ccccc1C(F)(F)F.[I-].[K+]. The van der Waals surface area contributed by atoms with Crippen LogP contribution < -0.4 is 75.4 Å². The molecule has 0 amide bonds. The quantitative estimate of drug-likeness (QED) is 0.386. The fraction of sp³-hybridized carbons (Fsp3) is 0.143. The van der Waals surface area contributed by atoms with Crippen LogP contribution in [0.4, 0.5) is 13.2 Å². The van der Waals surface area contributed by atoms with Crippen LogP contribution in [0.3, 0.4) is 0 Å². The van der Waals surface area contributed by atoms with Gasteiger partial charge in [-0.2, -0.15) is 13.2 Å². The van der Waals surface area contributed by atoms with E-state index in [9.17, 15) is 13.2 Å². The number of phenols is 1. The van der Waals surface area contributed by atoms with Gasteiger partial charge in [-0.05, 0) is 12.1 Å². The smallest absolute Gasteiger partial charge is 1.00 e. The number of phenolic OH excluding ortho intramolecular Hbond substituents is 1. The average molecular weight is 328 g/mol. The van der Waals surface area contributed by atoms with Crippen molar-refractivity contribution in [2.45, 2.75) is 6.18 Å². The van der Waals surface area contributed by atoms with Crippen molar-refractivity contribution in [2.75, 3.05) is 0 Å². The van der Waals surface area contributed by atoms with E-state index in [1.807, 2.05) is 0 Å². The fourth-order valence-corrected chi connectivity index (χ4v) is 0.713. The summed E-state index contributed by atoms with van der Waals surface area (Å²) in [6, 6.07) is 4.39. The molecule has 1 N–H and O–H groups in total. The van der Waals surface area contributed by atoms with Crippen molar-refractivity contribution in [1.29, 1.82) is 0 Å². The second kappa shape index (κ2) is 6.62. The number of hydrogen-bond acceptors (Lipinski definition) is 1. The number of halogens is 4. The first-order valence-electron chi connectivity index (χ1n) is 2.87. The normalized spacial score (nSPS) is 9.77. The Balaban J connectivity index is 0. The third-order valence-corrected chi connectivity index (χ3v) is 1.21. The van der Waals surface area contributed by atoms with Crippen LogP contribution >= 0.6 is 0 Å². The van der Waals surface area contributed by atoms with Crippen molar-refractivity contribution in [3.63, 3.8) is 0 Å². The molecule has 1 rings (SSSR count). The van der Waals surface area contributed by atoms with Crippen LogP contribution in [-0.4, -0.2) is 5.11 Å². The van der Waals surface area contributed by atoms with Crippen molar-refractivity contribution in [3.05, 3.63) is 29.8 Å². The zero-order valence-electron chi connectivity index (χ0n) is 6.77. The van der Waals surface area contributed by atoms with Crippen molar-refractivity contribution >= 4 is 0 Å². The molecule has 0 heterocycles. The Morgan fingerprint density at radius 3 is 1.85 bits per heavy atom. The third-order valence-electron chi connectivity index (χ3n) is 1.21. The van der Waals surface area contributed by atoms with Gasteiger partial charge in [-0.1, -0.05) is 12.1 Å². The summed E-state index contributed by atoms with van der Waals surface area (Å²) in [6.45, 7) is 0. The Labute approximate surface area is 133 Å². The first-order valence-corrected chi connectivity index (χ1v) is 2.87. The van der Waals surface area contributed by atoms with Crippen LogP contribution in [0, 0.1) is 0 Å². The Hall–Kier alpha value is 1.18. The van der Waals surface area contributed by atoms with Gasteiger partial charge >= 0.3 is 57.6 Å². The predicted octanol–water partition coefficient (Wildman–Crippen LogP) is -3.58. The molecule has 0 atom stereocenters. The largest absolute Gasteiger partial charge is 1.00 e. The van der Waals surface area contributed by atoms with Gasteiger partial charge in [0.25, 0.3) is 0 Å². The average Bonchev–Trinajstić information content (AvgIpc) is 1.86. The molecule has 0 saturated carbocycles. The van der Waals surface area contributed by atoms with Crippen molar-refractivity contribution in [3.8, 4) is 5.75 Å². The Morgan fingerprint density at radius 1 is 1.08 bits per heavy atom. The predicted molar refractivity (Wildman–Crippen MR) is 33.1 cm³/mol. The molecule has 0 fully saturated rings. The van der Waals surface area contributed by atoms with E-state index in [1.54, 1.807) is 0 Å². The van der Waals surface area contributed by atoms with Gasteiger partial charge in [0.1, 0.15) is 5.75 Å². The van der Waals surface area contributed by atoms with Gasteiger partial charge in [-0.3, -0.25) is 0 Å². The molecule has 0 radical (unpaired) electrons. The molecule has 0 bridgehead atoms. The zero-order valence-corrected chi connectivity index (χ0v) is 12.0. The summed E-state index contributed by atoms with van der Waals surface area (Å²) in [5, 5.41) is 8.73. The van der Waals surface area contributed by atoms with E-state index < -0.39 is 17.5 Å². The molecule has 0 aliphatic carbocycles. The minimum atomic E-state index is -4.47. The summed E-state index contributed by atoms with van der Waals surface area (Å²) in [6.07, 6.45) is -4.47. The molecule has 1 aromatic carbocycles. The molecule has 0 unspecified atom stereocenters. The van der Waals surface area contributed by atoms with E-state index in [1.165, 1.54) is 12.1 Å². The van der Waals surface area contributed by atoms with Gasteiger partial charge in [0.2, 0.25) is 0 Å². The van der Waals surface area contributed by atoms with E-state index >= 15 is 0 Å². The van der Waals surface area contributed by atoms with Gasteiger partial charge in [-0.25, -0.2) is 0 Å². The van der Waals surface area contributed by atoms with E-state index in [4.69, 9.17) is 5.11 Å². The Bertz CT molecular complexity index is 264. The van der Waals surface area contributed by atoms with Gasteiger partial charge in [0, 0.05) is 0 Å². The maximum absolute atomic E-state index is 11.9. The van der Waals surface area contributed by atoms with E-state index in [-0.39, 0.29) is 75.4 Å². The zero-order chi connectivity index (χ0) is 8.48. The van der Waals surface area contributed by atoms with Crippen LogP contribution in [0.2, 0.25) is 0 Å². The summed E-state index contributed by atoms with van der Waals surface area (Å²) >= 11 is 0. The number of benzene rings is 1. The van der Waals surface area contributed by atoms with Crippen molar-refractivity contribution < 1.29 is 93.6 Å². The van der Waals surface area contributed by atoms with E-state index in [0.717, 1.165) is 12.1 Å². The molecular weight excluding hydrogens is 323 g/mol. The number of hydrogen-bond donors (Lipinski definition) is 1. The molecule has 0 aliphatic rings. The molecule has 1 aromatic rings. The van der Waals surface area contributed by atoms with Crippen molar-refractivity contribution in [2.24, 2.45) is 0 Å². The summed E-state index contributed by atoms with van der Waals surface area (Å²) in [5.74, 6) is -0.736. The van der Waals surface area contributed by atoms with Crippen LogP contribution in [0.15, 0.2) is 24.3 Å². The molecule has 1 nitrogen and oxygen atoms in total. The second-order valence-electron chi connectivity index (χ2n) is 2.01. The van der Waals surface area contributed by atoms with Crippen molar-refractivity contribution in [1.82, 2.24) is 0 Å². The monoisotopic (exact) mass is 328 g/mol. The van der Waals surface area contributed by atoms with Crippen LogP contribution in [0.25, 0.3) is 0 Å². The Morgan fingerprint density at radius 2 is 1.54 bits per heavy atom. The van der Waals surface area contributed by atoms with Gasteiger partial charge < -0.3 is 29.1 Å². The summed E-state index contributed by atoms with van der Waals surface area (Å²) < 4.78 is 35.7. The third kappa shape index (κ3) is 4.98. The van der Waals surface area contributed by atoms with Gasteiger partial charge in [0.05, 0.1) is 5.56 Å². The Kier molecular flexibility index (Phi) is 8.46. The number of alkyl halides is 3. The standard InChI is InChI=1S/C7H5F3O.HI.K/c8-7(9,10)5-3-1-2-4-6(5)11;;/h1-4,11H;1H;/q;;+1/p-1. The van der Waals surface area contributed by atoms with Crippen LogP contribution in [-0.2, 0) is 6.18 Å². The summed E-state index contributed by atoms with van der Waals surface area (Å²) in [7, 11) is 0. The molecule has 0 aliphatic heterocycles. The molecule has 0 spiro atoms. The maximum Gasteiger partial charge on any atom is 1.00 e.